The summed E-state index contributed by atoms with van der Waals surface area (Å²) >= 11 is 5.14. The first-order valence-corrected chi connectivity index (χ1v) is 8.02. The number of hydrogen-bond donors (Lipinski definition) is 1. The van der Waals surface area contributed by atoms with Crippen LogP contribution in [0.3, 0.4) is 0 Å². The van der Waals surface area contributed by atoms with Crippen molar-refractivity contribution in [1.29, 1.82) is 5.26 Å². The first kappa shape index (κ1) is 15.1. The van der Waals surface area contributed by atoms with E-state index < -0.39 is 5.54 Å². The van der Waals surface area contributed by atoms with E-state index in [2.05, 4.69) is 39.4 Å². The summed E-state index contributed by atoms with van der Waals surface area (Å²) in [4.78, 5) is 1.14. The van der Waals surface area contributed by atoms with Crippen LogP contribution in [0.5, 0.6) is 0 Å². The van der Waals surface area contributed by atoms with Crippen LogP contribution in [0.15, 0.2) is 64.0 Å². The molecule has 0 aromatic heterocycles. The Labute approximate surface area is 132 Å². The van der Waals surface area contributed by atoms with Crippen molar-refractivity contribution in [3.05, 3.63) is 64.6 Å². The normalized spacial score (nSPS) is 13.4. The largest absolute Gasteiger partial charge is 0.298 e. The Morgan fingerprint density at radius 1 is 1.20 bits per heavy atom. The van der Waals surface area contributed by atoms with Crippen LogP contribution in [0, 0.1) is 11.3 Å². The summed E-state index contributed by atoms with van der Waals surface area (Å²) in [6.45, 7) is 0. The molecule has 2 rings (SSSR count). The van der Waals surface area contributed by atoms with Gasteiger partial charge in [-0.05, 0) is 30.8 Å². The van der Waals surface area contributed by atoms with Gasteiger partial charge in [-0.1, -0.05) is 52.3 Å². The molecular weight excluding hydrogens is 332 g/mol. The molecule has 2 aromatic carbocycles. The zero-order chi connectivity index (χ0) is 14.4. The fourth-order valence-corrected chi connectivity index (χ4v) is 3.62. The molecule has 0 aliphatic rings. The van der Waals surface area contributed by atoms with E-state index in [1.165, 1.54) is 0 Å². The van der Waals surface area contributed by atoms with Gasteiger partial charge in [0.15, 0.2) is 0 Å². The van der Waals surface area contributed by atoms with Crippen molar-refractivity contribution in [1.82, 2.24) is 5.32 Å². The molecule has 0 saturated heterocycles. The highest BCUT2D eigenvalue weighted by Crippen LogP contribution is 2.30. The average molecular weight is 347 g/mol. The predicted octanol–water partition coefficient (Wildman–Crippen LogP) is 4.18. The summed E-state index contributed by atoms with van der Waals surface area (Å²) in [5.41, 5.74) is 0.321. The van der Waals surface area contributed by atoms with Crippen LogP contribution in [-0.4, -0.2) is 12.8 Å². The number of halogens is 1. The smallest absolute Gasteiger partial charge is 0.141 e. The van der Waals surface area contributed by atoms with E-state index in [9.17, 15) is 5.26 Å². The molecule has 102 valence electrons. The fraction of sp³-hybridized carbons (Fsp3) is 0.188. The molecule has 20 heavy (non-hydrogen) atoms. The molecule has 1 N–H and O–H groups in total. The van der Waals surface area contributed by atoms with E-state index in [0.29, 0.717) is 5.75 Å². The summed E-state index contributed by atoms with van der Waals surface area (Å²) in [7, 11) is 1.83. The van der Waals surface area contributed by atoms with Crippen molar-refractivity contribution in [3.8, 4) is 6.07 Å². The quantitative estimate of drug-likeness (QED) is 0.825. The molecule has 0 aliphatic carbocycles. The van der Waals surface area contributed by atoms with Crippen LogP contribution in [0.1, 0.15) is 5.56 Å². The van der Waals surface area contributed by atoms with Crippen LogP contribution < -0.4 is 5.32 Å². The Kier molecular flexibility index (Phi) is 5.24. The minimum absolute atomic E-state index is 0.653. The Bertz CT molecular complexity index is 609. The van der Waals surface area contributed by atoms with Crippen LogP contribution >= 0.6 is 27.7 Å². The molecule has 0 bridgehead atoms. The van der Waals surface area contributed by atoms with Gasteiger partial charge in [-0.15, -0.1) is 11.8 Å². The maximum Gasteiger partial charge on any atom is 0.141 e. The lowest BCUT2D eigenvalue weighted by Gasteiger charge is -2.26. The van der Waals surface area contributed by atoms with E-state index in [1.54, 1.807) is 11.8 Å². The molecule has 0 saturated carbocycles. The van der Waals surface area contributed by atoms with Crippen molar-refractivity contribution in [2.75, 3.05) is 12.8 Å². The highest BCUT2D eigenvalue weighted by Gasteiger charge is 2.30. The van der Waals surface area contributed by atoms with Crippen LogP contribution in [0.25, 0.3) is 0 Å². The van der Waals surface area contributed by atoms with Gasteiger partial charge in [0, 0.05) is 15.1 Å². The van der Waals surface area contributed by atoms with Crippen LogP contribution in [-0.2, 0) is 5.54 Å². The van der Waals surface area contributed by atoms with Gasteiger partial charge in [0.1, 0.15) is 5.54 Å². The minimum Gasteiger partial charge on any atom is -0.298 e. The number of benzene rings is 2. The highest BCUT2D eigenvalue weighted by atomic mass is 79.9. The van der Waals surface area contributed by atoms with Gasteiger partial charge in [0.2, 0.25) is 0 Å². The number of hydrogen-bond acceptors (Lipinski definition) is 3. The van der Waals surface area contributed by atoms with Gasteiger partial charge < -0.3 is 0 Å². The Morgan fingerprint density at radius 3 is 2.55 bits per heavy atom. The standard InChI is InChI=1S/C16H15BrN2S/c1-19-16(11-18,13-6-3-2-4-7-13)12-20-15-9-5-8-14(17)10-15/h2-10,19H,12H2,1H3. The zero-order valence-corrected chi connectivity index (χ0v) is 13.5. The zero-order valence-electron chi connectivity index (χ0n) is 11.1. The Balaban J connectivity index is 2.21. The van der Waals surface area contributed by atoms with Gasteiger partial charge in [-0.3, -0.25) is 5.32 Å². The van der Waals surface area contributed by atoms with E-state index in [-0.39, 0.29) is 0 Å². The number of nitrogens with zero attached hydrogens (tertiary/aromatic N) is 1. The molecule has 0 aliphatic heterocycles. The second kappa shape index (κ2) is 6.94. The van der Waals surface area contributed by atoms with Crippen molar-refractivity contribution < 1.29 is 0 Å². The average Bonchev–Trinajstić information content (AvgIpc) is 2.50. The molecule has 0 amide bonds. The maximum absolute atomic E-state index is 9.63. The van der Waals surface area contributed by atoms with Gasteiger partial charge >= 0.3 is 0 Å². The molecule has 0 spiro atoms. The molecule has 0 radical (unpaired) electrons. The van der Waals surface area contributed by atoms with E-state index >= 15 is 0 Å². The van der Waals surface area contributed by atoms with Crippen LogP contribution in [0.2, 0.25) is 0 Å². The lowest BCUT2D eigenvalue weighted by atomic mass is 9.94. The third-order valence-corrected chi connectivity index (χ3v) is 4.79. The summed E-state index contributed by atoms with van der Waals surface area (Å²) in [6.07, 6.45) is 0. The second-order valence-corrected chi connectivity index (χ2v) is 6.34. The van der Waals surface area contributed by atoms with E-state index in [1.807, 2.05) is 49.5 Å². The number of nitriles is 1. The molecule has 0 heterocycles. The number of nitrogens with one attached hydrogen (secondary N) is 1. The maximum atomic E-state index is 9.63. The van der Waals surface area contributed by atoms with Gasteiger partial charge in [-0.25, -0.2) is 0 Å². The molecule has 1 unspecified atom stereocenters. The SMILES string of the molecule is CNC(C#N)(CSc1cccc(Br)c1)c1ccccc1. The van der Waals surface area contributed by atoms with Crippen molar-refractivity contribution in [3.63, 3.8) is 0 Å². The first-order valence-electron chi connectivity index (χ1n) is 6.24. The van der Waals surface area contributed by atoms with Gasteiger partial charge in [-0.2, -0.15) is 5.26 Å². The summed E-state index contributed by atoms with van der Waals surface area (Å²) in [5.74, 6) is 0.653. The third kappa shape index (κ3) is 3.43. The summed E-state index contributed by atoms with van der Waals surface area (Å²) < 4.78 is 1.05. The molecule has 2 nitrogen and oxygen atoms in total. The number of thioether (sulfide) groups is 1. The summed E-state index contributed by atoms with van der Waals surface area (Å²) in [5, 5.41) is 12.8. The monoisotopic (exact) mass is 346 g/mol. The minimum atomic E-state index is -0.672. The van der Waals surface area contributed by atoms with E-state index in [0.717, 1.165) is 14.9 Å². The van der Waals surface area contributed by atoms with Gasteiger partial charge in [0.25, 0.3) is 0 Å². The van der Waals surface area contributed by atoms with Crippen molar-refractivity contribution >= 4 is 27.7 Å². The van der Waals surface area contributed by atoms with Crippen molar-refractivity contribution in [2.24, 2.45) is 0 Å². The van der Waals surface area contributed by atoms with Crippen molar-refractivity contribution in [2.45, 2.75) is 10.4 Å². The second-order valence-electron chi connectivity index (χ2n) is 4.38. The third-order valence-electron chi connectivity index (χ3n) is 3.14. The first-order chi connectivity index (χ1) is 9.70. The Morgan fingerprint density at radius 2 is 1.95 bits per heavy atom. The molecule has 2 aromatic rings. The number of rotatable bonds is 5. The molecule has 1 atom stereocenters. The summed E-state index contributed by atoms with van der Waals surface area (Å²) in [6, 6.07) is 20.4. The highest BCUT2D eigenvalue weighted by molar-refractivity contribution is 9.10. The lowest BCUT2D eigenvalue weighted by molar-refractivity contribution is 0.528. The van der Waals surface area contributed by atoms with E-state index in [4.69, 9.17) is 0 Å². The molecule has 0 fully saturated rings. The lowest BCUT2D eigenvalue weighted by Crippen LogP contribution is -2.41. The van der Waals surface area contributed by atoms with Gasteiger partial charge in [0.05, 0.1) is 6.07 Å². The Hall–Kier alpha value is -1.28. The van der Waals surface area contributed by atoms with Crippen LogP contribution in [0.4, 0.5) is 0 Å². The molecular formula is C16H15BrN2S. The topological polar surface area (TPSA) is 35.8 Å². The molecule has 4 heteroatoms. The fourth-order valence-electron chi connectivity index (χ4n) is 1.92. The predicted molar refractivity (Wildman–Crippen MR) is 87.7 cm³/mol.